The second kappa shape index (κ2) is 6.86. The van der Waals surface area contributed by atoms with Gasteiger partial charge < -0.3 is 15.2 Å². The molecule has 2 saturated carbocycles. The predicted octanol–water partition coefficient (Wildman–Crippen LogP) is 4.14. The number of hydrogen-bond acceptors (Lipinski definition) is 4. The van der Waals surface area contributed by atoms with Gasteiger partial charge in [0, 0.05) is 22.0 Å². The van der Waals surface area contributed by atoms with Gasteiger partial charge in [0.05, 0.1) is 17.3 Å². The van der Waals surface area contributed by atoms with E-state index in [-0.39, 0.29) is 23.4 Å². The maximum absolute atomic E-state index is 12.5. The molecule has 0 bridgehead atoms. The van der Waals surface area contributed by atoms with Gasteiger partial charge in [0.2, 0.25) is 0 Å². The lowest BCUT2D eigenvalue weighted by molar-refractivity contribution is -0.274. The van der Waals surface area contributed by atoms with Crippen molar-refractivity contribution in [2.45, 2.75) is 30.8 Å². The molecule has 6 nitrogen and oxygen atoms in total. The summed E-state index contributed by atoms with van der Waals surface area (Å²) in [6, 6.07) is 8.29. The van der Waals surface area contributed by atoms with Gasteiger partial charge in [0.1, 0.15) is 5.75 Å². The van der Waals surface area contributed by atoms with Gasteiger partial charge in [-0.05, 0) is 60.6 Å². The Morgan fingerprint density at radius 3 is 2.71 bits per heavy atom. The van der Waals surface area contributed by atoms with Crippen LogP contribution in [0.25, 0.3) is 10.9 Å². The van der Waals surface area contributed by atoms with Crippen LogP contribution in [0.5, 0.6) is 5.75 Å². The van der Waals surface area contributed by atoms with Crippen molar-refractivity contribution in [3.63, 3.8) is 0 Å². The number of benzene rings is 2. The minimum Gasteiger partial charge on any atom is -0.406 e. The second-order valence-electron chi connectivity index (χ2n) is 8.13. The molecule has 0 aliphatic heterocycles. The van der Waals surface area contributed by atoms with Crippen LogP contribution < -0.4 is 10.1 Å². The summed E-state index contributed by atoms with van der Waals surface area (Å²) >= 11 is 6.19. The van der Waals surface area contributed by atoms with Crippen molar-refractivity contribution in [1.82, 2.24) is 15.5 Å². The van der Waals surface area contributed by atoms with E-state index in [9.17, 15) is 23.1 Å². The SMILES string of the molecule is O=C(NC1[C@H]2C[C@](O)(c3cc(Cl)cc4[nH]ncc34)C[C@@H]12)c1cccc(OC(F)(F)F)c1. The predicted molar refractivity (Wildman–Crippen MR) is 106 cm³/mol. The van der Waals surface area contributed by atoms with E-state index in [1.165, 1.54) is 12.1 Å². The van der Waals surface area contributed by atoms with Crippen molar-refractivity contribution in [3.8, 4) is 5.75 Å². The van der Waals surface area contributed by atoms with Gasteiger partial charge in [-0.25, -0.2) is 0 Å². The number of nitrogens with zero attached hydrogens (tertiary/aromatic N) is 1. The Labute approximate surface area is 179 Å². The fourth-order valence-corrected chi connectivity index (χ4v) is 4.99. The first-order chi connectivity index (χ1) is 14.6. The van der Waals surface area contributed by atoms with E-state index in [1.54, 1.807) is 18.3 Å². The fourth-order valence-electron chi connectivity index (χ4n) is 4.77. The molecule has 1 aromatic heterocycles. The van der Waals surface area contributed by atoms with Crippen molar-refractivity contribution < 1.29 is 27.8 Å². The molecule has 2 aliphatic rings. The van der Waals surface area contributed by atoms with Crippen LogP contribution in [0, 0.1) is 11.8 Å². The van der Waals surface area contributed by atoms with Crippen molar-refractivity contribution in [1.29, 1.82) is 0 Å². The lowest BCUT2D eigenvalue weighted by Gasteiger charge is -2.27. The molecular weight excluding hydrogens is 435 g/mol. The number of aromatic nitrogens is 2. The van der Waals surface area contributed by atoms with Crippen LogP contribution in [0.4, 0.5) is 13.2 Å². The number of rotatable bonds is 4. The van der Waals surface area contributed by atoms with Crippen molar-refractivity contribution >= 4 is 28.4 Å². The average molecular weight is 452 g/mol. The first-order valence-electron chi connectivity index (χ1n) is 9.65. The van der Waals surface area contributed by atoms with Crippen LogP contribution in [-0.2, 0) is 5.60 Å². The van der Waals surface area contributed by atoms with Crippen molar-refractivity contribution in [2.75, 3.05) is 0 Å². The van der Waals surface area contributed by atoms with Crippen LogP contribution in [-0.4, -0.2) is 33.6 Å². The molecule has 1 amide bonds. The quantitative estimate of drug-likeness (QED) is 0.556. The number of alkyl halides is 3. The number of carbonyl (C=O) groups excluding carboxylic acids is 1. The zero-order valence-corrected chi connectivity index (χ0v) is 16.7. The third-order valence-corrected chi connectivity index (χ3v) is 6.35. The molecule has 31 heavy (non-hydrogen) atoms. The Bertz CT molecular complexity index is 1170. The highest BCUT2D eigenvalue weighted by molar-refractivity contribution is 6.31. The van der Waals surface area contributed by atoms with Crippen LogP contribution in [0.1, 0.15) is 28.8 Å². The van der Waals surface area contributed by atoms with Crippen LogP contribution in [0.2, 0.25) is 5.02 Å². The van der Waals surface area contributed by atoms with Crippen LogP contribution in [0.3, 0.4) is 0 Å². The Kier molecular flexibility index (Phi) is 4.46. The molecule has 3 aromatic rings. The minimum absolute atomic E-state index is 0.0736. The van der Waals surface area contributed by atoms with Gasteiger partial charge in [0.15, 0.2) is 0 Å². The molecular formula is C21H17ClF3N3O3. The number of aliphatic hydroxyl groups is 1. The lowest BCUT2D eigenvalue weighted by Crippen LogP contribution is -2.33. The Hall–Kier alpha value is -2.78. The summed E-state index contributed by atoms with van der Waals surface area (Å²) < 4.78 is 41.1. The van der Waals surface area contributed by atoms with Gasteiger partial charge >= 0.3 is 6.36 Å². The standard InChI is InChI=1S/C21H17ClF3N3O3/c22-11-5-16(15-9-26-28-17(15)6-11)20(30)7-13-14(8-20)18(13)27-19(29)10-2-1-3-12(4-10)31-21(23,24)25/h1-6,9,13-14,18,30H,7-8H2,(H,26,28)(H,27,29)/t13-,14+,18?,20+. The number of aromatic amines is 1. The number of ether oxygens (including phenoxy) is 1. The minimum atomic E-state index is -4.83. The first kappa shape index (κ1) is 20.1. The summed E-state index contributed by atoms with van der Waals surface area (Å²) in [4.78, 5) is 12.5. The van der Waals surface area contributed by atoms with E-state index in [0.29, 0.717) is 23.4 Å². The molecule has 2 aromatic carbocycles. The van der Waals surface area contributed by atoms with Gasteiger partial charge in [-0.3, -0.25) is 9.89 Å². The molecule has 10 heteroatoms. The van der Waals surface area contributed by atoms with Crippen LogP contribution in [0.15, 0.2) is 42.6 Å². The molecule has 162 valence electrons. The highest BCUT2D eigenvalue weighted by atomic mass is 35.5. The molecule has 4 atom stereocenters. The lowest BCUT2D eigenvalue weighted by atomic mass is 9.86. The molecule has 5 rings (SSSR count). The van der Waals surface area contributed by atoms with Gasteiger partial charge in [-0.2, -0.15) is 5.10 Å². The number of amides is 1. The Morgan fingerprint density at radius 2 is 2.00 bits per heavy atom. The highest BCUT2D eigenvalue weighted by Crippen LogP contribution is 2.60. The summed E-state index contributed by atoms with van der Waals surface area (Å²) in [6.07, 6.45) is -2.28. The largest absolute Gasteiger partial charge is 0.573 e. The zero-order chi connectivity index (χ0) is 22.0. The number of fused-ring (bicyclic) bond motifs is 2. The number of H-pyrrole nitrogens is 1. The maximum Gasteiger partial charge on any atom is 0.573 e. The smallest absolute Gasteiger partial charge is 0.406 e. The number of hydrogen-bond donors (Lipinski definition) is 3. The Morgan fingerprint density at radius 1 is 1.26 bits per heavy atom. The van der Waals surface area contributed by atoms with E-state index in [2.05, 4.69) is 20.3 Å². The number of nitrogens with one attached hydrogen (secondary N) is 2. The van der Waals surface area contributed by atoms with Crippen LogP contribution >= 0.6 is 11.6 Å². The third-order valence-electron chi connectivity index (χ3n) is 6.13. The topological polar surface area (TPSA) is 87.2 Å². The van der Waals surface area contributed by atoms with E-state index >= 15 is 0 Å². The summed E-state index contributed by atoms with van der Waals surface area (Å²) in [7, 11) is 0. The summed E-state index contributed by atoms with van der Waals surface area (Å²) in [5.74, 6) is -0.778. The fraction of sp³-hybridized carbons (Fsp3) is 0.333. The summed E-state index contributed by atoms with van der Waals surface area (Å²) in [5.41, 5.74) is 0.446. The summed E-state index contributed by atoms with van der Waals surface area (Å²) in [5, 5.41) is 22.3. The normalized spacial score (nSPS) is 27.2. The molecule has 3 N–H and O–H groups in total. The van der Waals surface area contributed by atoms with Crippen molar-refractivity contribution in [3.05, 3.63) is 58.7 Å². The number of carbonyl (C=O) groups is 1. The van der Waals surface area contributed by atoms with E-state index in [4.69, 9.17) is 11.6 Å². The Balaban J connectivity index is 1.27. The van der Waals surface area contributed by atoms with Gasteiger partial charge in [0.25, 0.3) is 5.91 Å². The zero-order valence-electron chi connectivity index (χ0n) is 15.9. The molecule has 2 aliphatic carbocycles. The van der Waals surface area contributed by atoms with E-state index in [1.807, 2.05) is 0 Å². The maximum atomic E-state index is 12.5. The molecule has 1 heterocycles. The monoisotopic (exact) mass is 451 g/mol. The average Bonchev–Trinajstić information content (AvgIpc) is 3.04. The molecule has 1 unspecified atom stereocenters. The first-order valence-corrected chi connectivity index (χ1v) is 10.0. The van der Waals surface area contributed by atoms with E-state index in [0.717, 1.165) is 23.0 Å². The van der Waals surface area contributed by atoms with Crippen molar-refractivity contribution in [2.24, 2.45) is 11.8 Å². The molecule has 0 spiro atoms. The van der Waals surface area contributed by atoms with E-state index < -0.39 is 23.6 Å². The summed E-state index contributed by atoms with van der Waals surface area (Å²) in [6.45, 7) is 0. The molecule has 0 radical (unpaired) electrons. The number of halogens is 4. The van der Waals surface area contributed by atoms with Gasteiger partial charge in [-0.1, -0.05) is 17.7 Å². The van der Waals surface area contributed by atoms with Gasteiger partial charge in [-0.15, -0.1) is 13.2 Å². The highest BCUT2D eigenvalue weighted by Gasteiger charge is 2.62. The second-order valence-corrected chi connectivity index (χ2v) is 8.56. The molecule has 0 saturated heterocycles. The molecule has 2 fully saturated rings. The third kappa shape index (κ3) is 3.72.